The van der Waals surface area contributed by atoms with Crippen LogP contribution in [0.1, 0.15) is 42.5 Å². The van der Waals surface area contributed by atoms with Crippen molar-refractivity contribution in [2.45, 2.75) is 40.3 Å². The lowest BCUT2D eigenvalue weighted by Crippen LogP contribution is -2.38. The molecule has 2 rings (SSSR count). The SMILES string of the molecule is CCNC(=O)c1ccc(CN=C(NCC)NCCn2cnnc2CC)cc1. The number of aromatic nitrogens is 3. The first-order chi connectivity index (χ1) is 13.2. The predicted octanol–water partition coefficient (Wildman–Crippen LogP) is 1.35. The van der Waals surface area contributed by atoms with Gasteiger partial charge < -0.3 is 20.5 Å². The van der Waals surface area contributed by atoms with Crippen molar-refractivity contribution >= 4 is 11.9 Å². The van der Waals surface area contributed by atoms with Crippen molar-refractivity contribution in [3.63, 3.8) is 0 Å². The van der Waals surface area contributed by atoms with Crippen molar-refractivity contribution in [2.24, 2.45) is 4.99 Å². The van der Waals surface area contributed by atoms with Gasteiger partial charge in [0.25, 0.3) is 5.91 Å². The van der Waals surface area contributed by atoms with Crippen LogP contribution in [0.5, 0.6) is 0 Å². The van der Waals surface area contributed by atoms with E-state index in [1.807, 2.05) is 42.7 Å². The summed E-state index contributed by atoms with van der Waals surface area (Å²) in [5.41, 5.74) is 1.71. The highest BCUT2D eigenvalue weighted by Gasteiger charge is 2.04. The molecule has 1 heterocycles. The van der Waals surface area contributed by atoms with E-state index in [-0.39, 0.29) is 5.91 Å². The fourth-order valence-corrected chi connectivity index (χ4v) is 2.57. The average Bonchev–Trinajstić information content (AvgIpc) is 3.14. The average molecular weight is 371 g/mol. The molecule has 0 saturated heterocycles. The molecule has 0 aliphatic carbocycles. The van der Waals surface area contributed by atoms with Crippen LogP contribution in [0.4, 0.5) is 0 Å². The fourth-order valence-electron chi connectivity index (χ4n) is 2.57. The molecule has 0 spiro atoms. The standard InChI is InChI=1S/C19H29N7O/c1-4-17-25-24-14-26(17)12-11-22-19(21-6-3)23-13-15-7-9-16(10-8-15)18(27)20-5-2/h7-10,14H,4-6,11-13H2,1-3H3,(H,20,27)(H2,21,22,23). The highest BCUT2D eigenvalue weighted by Crippen LogP contribution is 2.06. The molecule has 8 nitrogen and oxygen atoms in total. The Morgan fingerprint density at radius 2 is 1.81 bits per heavy atom. The summed E-state index contributed by atoms with van der Waals surface area (Å²) in [4.78, 5) is 16.4. The predicted molar refractivity (Wildman–Crippen MR) is 107 cm³/mol. The third-order valence-electron chi connectivity index (χ3n) is 3.97. The highest BCUT2D eigenvalue weighted by atomic mass is 16.1. The number of hydrogen-bond donors (Lipinski definition) is 3. The molecular weight excluding hydrogens is 342 g/mol. The van der Waals surface area contributed by atoms with Gasteiger partial charge in [-0.15, -0.1) is 10.2 Å². The van der Waals surface area contributed by atoms with E-state index in [1.54, 1.807) is 6.33 Å². The molecule has 0 radical (unpaired) electrons. The summed E-state index contributed by atoms with van der Waals surface area (Å²) >= 11 is 0. The molecule has 0 atom stereocenters. The minimum atomic E-state index is -0.0528. The molecule has 1 aromatic heterocycles. The van der Waals surface area contributed by atoms with Crippen molar-refractivity contribution in [1.29, 1.82) is 0 Å². The normalized spacial score (nSPS) is 11.3. The van der Waals surface area contributed by atoms with E-state index < -0.39 is 0 Å². The molecule has 1 aromatic carbocycles. The van der Waals surface area contributed by atoms with Crippen molar-refractivity contribution in [3.8, 4) is 0 Å². The van der Waals surface area contributed by atoms with Crippen LogP contribution in [0.15, 0.2) is 35.6 Å². The molecule has 0 aliphatic rings. The number of hydrogen-bond acceptors (Lipinski definition) is 4. The summed E-state index contributed by atoms with van der Waals surface area (Å²) < 4.78 is 2.04. The molecule has 2 aromatic rings. The number of amides is 1. The zero-order chi connectivity index (χ0) is 19.5. The maximum atomic E-state index is 11.8. The zero-order valence-electron chi connectivity index (χ0n) is 16.3. The van der Waals surface area contributed by atoms with Crippen molar-refractivity contribution in [1.82, 2.24) is 30.7 Å². The van der Waals surface area contributed by atoms with Gasteiger partial charge in [-0.05, 0) is 31.5 Å². The maximum absolute atomic E-state index is 11.8. The summed E-state index contributed by atoms with van der Waals surface area (Å²) in [6, 6.07) is 7.52. The lowest BCUT2D eigenvalue weighted by Gasteiger charge is -2.12. The van der Waals surface area contributed by atoms with Gasteiger partial charge in [-0.25, -0.2) is 4.99 Å². The molecule has 3 N–H and O–H groups in total. The lowest BCUT2D eigenvalue weighted by atomic mass is 10.1. The van der Waals surface area contributed by atoms with E-state index in [4.69, 9.17) is 0 Å². The second-order valence-electron chi connectivity index (χ2n) is 5.97. The number of benzene rings is 1. The summed E-state index contributed by atoms with van der Waals surface area (Å²) in [6.07, 6.45) is 2.61. The van der Waals surface area contributed by atoms with Crippen LogP contribution in [-0.4, -0.2) is 46.3 Å². The Kier molecular flexibility index (Phi) is 8.28. The minimum absolute atomic E-state index is 0.0528. The Bertz CT molecular complexity index is 737. The van der Waals surface area contributed by atoms with E-state index in [1.165, 1.54) is 0 Å². The Balaban J connectivity index is 1.89. The van der Waals surface area contributed by atoms with Gasteiger partial charge in [-0.1, -0.05) is 19.1 Å². The van der Waals surface area contributed by atoms with Gasteiger partial charge in [-0.2, -0.15) is 0 Å². The van der Waals surface area contributed by atoms with Crippen molar-refractivity contribution in [2.75, 3.05) is 19.6 Å². The van der Waals surface area contributed by atoms with Crippen LogP contribution in [0.25, 0.3) is 0 Å². The Hall–Kier alpha value is -2.90. The minimum Gasteiger partial charge on any atom is -0.357 e. The van der Waals surface area contributed by atoms with E-state index in [0.29, 0.717) is 18.7 Å². The number of aryl methyl sites for hydroxylation is 1. The Labute approximate surface area is 160 Å². The van der Waals surface area contributed by atoms with Gasteiger partial charge in [-0.3, -0.25) is 4.79 Å². The van der Waals surface area contributed by atoms with Gasteiger partial charge in [0.15, 0.2) is 5.96 Å². The van der Waals surface area contributed by atoms with Crippen LogP contribution in [0.3, 0.4) is 0 Å². The molecule has 0 fully saturated rings. The van der Waals surface area contributed by atoms with Gasteiger partial charge in [0.1, 0.15) is 12.2 Å². The van der Waals surface area contributed by atoms with E-state index in [0.717, 1.165) is 43.4 Å². The lowest BCUT2D eigenvalue weighted by molar-refractivity contribution is 0.0956. The van der Waals surface area contributed by atoms with Crippen LogP contribution in [-0.2, 0) is 19.5 Å². The summed E-state index contributed by atoms with van der Waals surface area (Å²) in [5.74, 6) is 1.69. The molecule has 0 saturated carbocycles. The number of aliphatic imine (C=N–C) groups is 1. The molecule has 0 aliphatic heterocycles. The van der Waals surface area contributed by atoms with E-state index in [9.17, 15) is 4.79 Å². The maximum Gasteiger partial charge on any atom is 0.251 e. The fraction of sp³-hybridized carbons (Fsp3) is 0.474. The number of nitrogens with one attached hydrogen (secondary N) is 3. The van der Waals surface area contributed by atoms with Gasteiger partial charge in [0.05, 0.1) is 6.54 Å². The van der Waals surface area contributed by atoms with Gasteiger partial charge >= 0.3 is 0 Å². The zero-order valence-corrected chi connectivity index (χ0v) is 16.3. The van der Waals surface area contributed by atoms with E-state index in [2.05, 4.69) is 38.1 Å². The van der Waals surface area contributed by atoms with Crippen LogP contribution in [0.2, 0.25) is 0 Å². The van der Waals surface area contributed by atoms with Crippen LogP contribution < -0.4 is 16.0 Å². The first kappa shape index (κ1) is 20.4. The molecule has 146 valence electrons. The second kappa shape index (κ2) is 10.9. The molecule has 8 heteroatoms. The number of carbonyl (C=O) groups excluding carboxylic acids is 1. The van der Waals surface area contributed by atoms with Crippen LogP contribution >= 0.6 is 0 Å². The smallest absolute Gasteiger partial charge is 0.251 e. The van der Waals surface area contributed by atoms with Crippen LogP contribution in [0, 0.1) is 0 Å². The largest absolute Gasteiger partial charge is 0.357 e. The third kappa shape index (κ3) is 6.40. The number of carbonyl (C=O) groups is 1. The van der Waals surface area contributed by atoms with Crippen molar-refractivity contribution < 1.29 is 4.79 Å². The number of guanidine groups is 1. The van der Waals surface area contributed by atoms with E-state index >= 15 is 0 Å². The van der Waals surface area contributed by atoms with Gasteiger partial charge in [0, 0.05) is 38.2 Å². The molecule has 1 amide bonds. The summed E-state index contributed by atoms with van der Waals surface area (Å²) in [5, 5.41) is 17.4. The third-order valence-corrected chi connectivity index (χ3v) is 3.97. The molecular formula is C19H29N7O. The summed E-state index contributed by atoms with van der Waals surface area (Å²) in [7, 11) is 0. The highest BCUT2D eigenvalue weighted by molar-refractivity contribution is 5.94. The Morgan fingerprint density at radius 3 is 2.48 bits per heavy atom. The first-order valence-corrected chi connectivity index (χ1v) is 9.43. The second-order valence-corrected chi connectivity index (χ2v) is 5.97. The monoisotopic (exact) mass is 371 g/mol. The topological polar surface area (TPSA) is 96.2 Å². The first-order valence-electron chi connectivity index (χ1n) is 9.43. The van der Waals surface area contributed by atoms with Crippen molar-refractivity contribution in [3.05, 3.63) is 47.5 Å². The number of nitrogens with zero attached hydrogens (tertiary/aromatic N) is 4. The molecule has 27 heavy (non-hydrogen) atoms. The van der Waals surface area contributed by atoms with Gasteiger partial charge in [0.2, 0.25) is 0 Å². The number of rotatable bonds is 9. The Morgan fingerprint density at radius 1 is 1.07 bits per heavy atom. The molecule has 0 bridgehead atoms. The molecule has 0 unspecified atom stereocenters. The quantitative estimate of drug-likeness (QED) is 0.457. The summed E-state index contributed by atoms with van der Waals surface area (Å²) in [6.45, 7) is 9.46.